The molecule has 1 aromatic heterocycles. The first kappa shape index (κ1) is 13.8. The van der Waals surface area contributed by atoms with E-state index in [1.807, 2.05) is 0 Å². The van der Waals surface area contributed by atoms with Crippen molar-refractivity contribution >= 4 is 17.0 Å². The smallest absolute Gasteiger partial charge is 0.201 e. The Morgan fingerprint density at radius 1 is 1.37 bits per heavy atom. The number of nitrogens with one attached hydrogen (secondary N) is 2. The van der Waals surface area contributed by atoms with E-state index in [1.165, 1.54) is 12.1 Å². The summed E-state index contributed by atoms with van der Waals surface area (Å²) in [5, 5.41) is 13.1. The Labute approximate surface area is 112 Å². The molecule has 0 aliphatic rings. The Morgan fingerprint density at radius 2 is 2.11 bits per heavy atom. The normalized spacial score (nSPS) is 13.1. The van der Waals surface area contributed by atoms with Crippen LogP contribution in [0.4, 0.5) is 10.3 Å². The van der Waals surface area contributed by atoms with Gasteiger partial charge in [0.1, 0.15) is 5.82 Å². The zero-order valence-corrected chi connectivity index (χ0v) is 11.3. The Morgan fingerprint density at radius 3 is 2.79 bits per heavy atom. The van der Waals surface area contributed by atoms with Crippen LogP contribution in [0.25, 0.3) is 11.0 Å². The number of aliphatic hydroxyl groups excluding tert-OH is 1. The Bertz CT molecular complexity index is 536. The molecule has 0 bridgehead atoms. The summed E-state index contributed by atoms with van der Waals surface area (Å²) >= 11 is 0. The van der Waals surface area contributed by atoms with Crippen LogP contribution in [0.3, 0.4) is 0 Å². The number of aromatic nitrogens is 2. The molecule has 0 saturated heterocycles. The third-order valence-electron chi connectivity index (χ3n) is 3.52. The minimum absolute atomic E-state index is 0.286. The van der Waals surface area contributed by atoms with Crippen molar-refractivity contribution in [3.63, 3.8) is 0 Å². The monoisotopic (exact) mass is 265 g/mol. The molecule has 5 heteroatoms. The van der Waals surface area contributed by atoms with E-state index in [1.54, 1.807) is 6.07 Å². The van der Waals surface area contributed by atoms with Crippen LogP contribution in [-0.4, -0.2) is 27.7 Å². The third-order valence-corrected chi connectivity index (χ3v) is 3.52. The van der Waals surface area contributed by atoms with E-state index in [9.17, 15) is 9.50 Å². The number of aromatic amines is 1. The van der Waals surface area contributed by atoms with Crippen molar-refractivity contribution in [2.45, 2.75) is 32.8 Å². The molecule has 3 N–H and O–H groups in total. The van der Waals surface area contributed by atoms with Crippen molar-refractivity contribution < 1.29 is 9.50 Å². The summed E-state index contributed by atoms with van der Waals surface area (Å²) in [4.78, 5) is 7.29. The van der Waals surface area contributed by atoms with E-state index in [2.05, 4.69) is 29.1 Å². The largest absolute Gasteiger partial charge is 0.391 e. The van der Waals surface area contributed by atoms with Gasteiger partial charge in [0.05, 0.1) is 17.1 Å². The third kappa shape index (κ3) is 3.23. The van der Waals surface area contributed by atoms with Gasteiger partial charge in [0.2, 0.25) is 5.95 Å². The Kier molecular flexibility index (Phi) is 4.37. The molecular formula is C14H20FN3O. The molecule has 0 amide bonds. The molecule has 1 atom stereocenters. The first-order valence-corrected chi connectivity index (χ1v) is 6.71. The van der Waals surface area contributed by atoms with Gasteiger partial charge in [0.25, 0.3) is 0 Å². The van der Waals surface area contributed by atoms with Crippen molar-refractivity contribution in [3.05, 3.63) is 24.0 Å². The predicted octanol–water partition coefficient (Wildman–Crippen LogP) is 2.91. The van der Waals surface area contributed by atoms with Gasteiger partial charge in [-0.05, 0) is 24.1 Å². The second-order valence-electron chi connectivity index (χ2n) is 4.77. The van der Waals surface area contributed by atoms with Gasteiger partial charge < -0.3 is 15.4 Å². The lowest BCUT2D eigenvalue weighted by Gasteiger charge is -2.19. The number of rotatable bonds is 6. The fraction of sp³-hybridized carbons (Fsp3) is 0.500. The maximum atomic E-state index is 13.0. The minimum atomic E-state index is -0.403. The van der Waals surface area contributed by atoms with Crippen molar-refractivity contribution in [2.75, 3.05) is 11.9 Å². The van der Waals surface area contributed by atoms with Crippen molar-refractivity contribution in [3.8, 4) is 0 Å². The number of fused-ring (bicyclic) bond motifs is 1. The highest BCUT2D eigenvalue weighted by atomic mass is 19.1. The van der Waals surface area contributed by atoms with Crippen LogP contribution < -0.4 is 5.32 Å². The lowest BCUT2D eigenvalue weighted by molar-refractivity contribution is 0.114. The highest BCUT2D eigenvalue weighted by Crippen LogP contribution is 2.17. The Balaban J connectivity index is 2.01. The maximum Gasteiger partial charge on any atom is 0.201 e. The van der Waals surface area contributed by atoms with E-state index in [0.29, 0.717) is 23.5 Å². The Hall–Kier alpha value is -1.62. The summed E-state index contributed by atoms with van der Waals surface area (Å²) in [5.41, 5.74) is 1.36. The molecule has 0 spiro atoms. The van der Waals surface area contributed by atoms with Crippen LogP contribution in [-0.2, 0) is 0 Å². The van der Waals surface area contributed by atoms with Gasteiger partial charge in [-0.1, -0.05) is 26.7 Å². The first-order valence-electron chi connectivity index (χ1n) is 6.71. The molecule has 1 aromatic carbocycles. The maximum absolute atomic E-state index is 13.0. The average molecular weight is 265 g/mol. The van der Waals surface area contributed by atoms with Crippen molar-refractivity contribution in [2.24, 2.45) is 5.92 Å². The fourth-order valence-electron chi connectivity index (χ4n) is 2.27. The molecule has 0 aliphatic carbocycles. The number of nitrogens with zero attached hydrogens (tertiary/aromatic N) is 1. The predicted molar refractivity (Wildman–Crippen MR) is 74.6 cm³/mol. The van der Waals surface area contributed by atoms with Crippen LogP contribution in [0.15, 0.2) is 18.2 Å². The molecule has 0 radical (unpaired) electrons. The van der Waals surface area contributed by atoms with Gasteiger partial charge in [-0.15, -0.1) is 0 Å². The van der Waals surface area contributed by atoms with Crippen molar-refractivity contribution in [1.29, 1.82) is 0 Å². The second kappa shape index (κ2) is 6.02. The molecule has 0 saturated carbocycles. The van der Waals surface area contributed by atoms with Crippen LogP contribution in [0.5, 0.6) is 0 Å². The molecule has 4 nitrogen and oxygen atoms in total. The fourth-order valence-corrected chi connectivity index (χ4v) is 2.27. The van der Waals surface area contributed by atoms with E-state index < -0.39 is 6.10 Å². The number of anilines is 1. The van der Waals surface area contributed by atoms with Gasteiger partial charge in [0, 0.05) is 6.54 Å². The molecule has 0 fully saturated rings. The lowest BCUT2D eigenvalue weighted by atomic mass is 9.97. The minimum Gasteiger partial charge on any atom is -0.391 e. The SMILES string of the molecule is CCC(CC)C(O)CNc1nc2ccc(F)cc2[nH]1. The van der Waals surface area contributed by atoms with Crippen LogP contribution >= 0.6 is 0 Å². The van der Waals surface area contributed by atoms with Gasteiger partial charge in [0.15, 0.2) is 0 Å². The zero-order chi connectivity index (χ0) is 13.8. The average Bonchev–Trinajstić information content (AvgIpc) is 2.79. The molecule has 1 heterocycles. The molecule has 1 unspecified atom stereocenters. The summed E-state index contributed by atoms with van der Waals surface area (Å²) < 4.78 is 13.0. The summed E-state index contributed by atoms with van der Waals surface area (Å²) in [7, 11) is 0. The van der Waals surface area contributed by atoms with Crippen molar-refractivity contribution in [1.82, 2.24) is 9.97 Å². The number of halogens is 1. The molecule has 0 aliphatic heterocycles. The molecule has 104 valence electrons. The van der Waals surface area contributed by atoms with Gasteiger partial charge in [-0.25, -0.2) is 9.37 Å². The van der Waals surface area contributed by atoms with E-state index in [4.69, 9.17) is 0 Å². The number of hydrogen-bond acceptors (Lipinski definition) is 3. The number of benzene rings is 1. The van der Waals surface area contributed by atoms with Gasteiger partial charge in [-0.2, -0.15) is 0 Å². The highest BCUT2D eigenvalue weighted by molar-refractivity contribution is 5.77. The van der Waals surface area contributed by atoms with Crippen LogP contribution in [0, 0.1) is 11.7 Å². The number of imidazole rings is 1. The molecule has 2 rings (SSSR count). The van der Waals surface area contributed by atoms with E-state index in [0.717, 1.165) is 12.8 Å². The standard InChI is InChI=1S/C14H20FN3O/c1-3-9(4-2)13(19)8-16-14-17-11-6-5-10(15)7-12(11)18-14/h5-7,9,13,19H,3-4,8H2,1-2H3,(H2,16,17,18). The van der Waals surface area contributed by atoms with Gasteiger partial charge >= 0.3 is 0 Å². The summed E-state index contributed by atoms with van der Waals surface area (Å²) in [5.74, 6) is 0.555. The molecular weight excluding hydrogens is 245 g/mol. The van der Waals surface area contributed by atoms with Crippen LogP contribution in [0.2, 0.25) is 0 Å². The first-order chi connectivity index (χ1) is 9.13. The summed E-state index contributed by atoms with van der Waals surface area (Å²) in [6, 6.07) is 4.42. The van der Waals surface area contributed by atoms with Crippen LogP contribution in [0.1, 0.15) is 26.7 Å². The highest BCUT2D eigenvalue weighted by Gasteiger charge is 2.15. The summed E-state index contributed by atoms with van der Waals surface area (Å²) in [6.07, 6.45) is 1.50. The second-order valence-corrected chi connectivity index (χ2v) is 4.77. The van der Waals surface area contributed by atoms with Gasteiger partial charge in [-0.3, -0.25) is 0 Å². The quantitative estimate of drug-likeness (QED) is 0.752. The van der Waals surface area contributed by atoms with E-state index >= 15 is 0 Å². The number of aliphatic hydroxyl groups is 1. The molecule has 2 aromatic rings. The zero-order valence-electron chi connectivity index (χ0n) is 11.3. The van der Waals surface area contributed by atoms with E-state index in [-0.39, 0.29) is 11.7 Å². The summed E-state index contributed by atoms with van der Waals surface area (Å²) in [6.45, 7) is 4.58. The lowest BCUT2D eigenvalue weighted by Crippen LogP contribution is -2.27. The number of hydrogen-bond donors (Lipinski definition) is 3. The topological polar surface area (TPSA) is 60.9 Å². The molecule has 19 heavy (non-hydrogen) atoms. The number of H-pyrrole nitrogens is 1.